The van der Waals surface area contributed by atoms with E-state index in [4.69, 9.17) is 14.2 Å². The zero-order valence-electron chi connectivity index (χ0n) is 21.6. The monoisotopic (exact) mass is 452 g/mol. The number of benzene rings is 1. The van der Waals surface area contributed by atoms with Crippen LogP contribution in [0.15, 0.2) is 12.1 Å². The largest absolute Gasteiger partial charge is 0.493 e. The Balaban J connectivity index is 1.56. The lowest BCUT2D eigenvalue weighted by molar-refractivity contribution is -0.210. The van der Waals surface area contributed by atoms with E-state index in [1.165, 1.54) is 30.4 Å². The first kappa shape index (κ1) is 21.1. The minimum atomic E-state index is -0.886. The number of hydrogen-bond acceptors (Lipinski definition) is 4. The SMILES string of the molecule is CC[C@]12C[C@]3([C@](C)(O)C(C)(C)C)[C@@H](C)[C@]3(OC)[C@@H]3Oc4c(OC)ccc5c4[C@@]31CC1(C5)C[C@H]12. The summed E-state index contributed by atoms with van der Waals surface area (Å²) in [4.78, 5) is 0. The van der Waals surface area contributed by atoms with Crippen molar-refractivity contribution >= 4 is 0 Å². The average Bonchev–Trinajstić information content (AvgIpc) is 3.50. The van der Waals surface area contributed by atoms with E-state index >= 15 is 0 Å². The molecular formula is C29H40O4. The van der Waals surface area contributed by atoms with E-state index in [-0.39, 0.29) is 33.7 Å². The minimum absolute atomic E-state index is 0.0413. The van der Waals surface area contributed by atoms with E-state index in [1.807, 2.05) is 7.11 Å². The van der Waals surface area contributed by atoms with Crippen molar-refractivity contribution in [1.82, 2.24) is 0 Å². The lowest BCUT2D eigenvalue weighted by Gasteiger charge is -2.60. The summed E-state index contributed by atoms with van der Waals surface area (Å²) < 4.78 is 19.6. The molecule has 33 heavy (non-hydrogen) atoms. The van der Waals surface area contributed by atoms with Gasteiger partial charge in [0.15, 0.2) is 11.5 Å². The van der Waals surface area contributed by atoms with Gasteiger partial charge in [-0.05, 0) is 72.8 Å². The molecule has 6 aliphatic rings. The van der Waals surface area contributed by atoms with Crippen molar-refractivity contribution in [1.29, 1.82) is 0 Å². The molecule has 1 aromatic carbocycles. The van der Waals surface area contributed by atoms with Crippen molar-refractivity contribution in [3.63, 3.8) is 0 Å². The summed E-state index contributed by atoms with van der Waals surface area (Å²) in [5.41, 5.74) is 1.41. The molecule has 7 rings (SSSR count). The minimum Gasteiger partial charge on any atom is -0.493 e. The lowest BCUT2D eigenvalue weighted by atomic mass is 9.45. The van der Waals surface area contributed by atoms with Gasteiger partial charge in [-0.15, -0.1) is 0 Å². The first-order chi connectivity index (χ1) is 15.4. The summed E-state index contributed by atoms with van der Waals surface area (Å²) in [5, 5.41) is 12.4. The predicted octanol–water partition coefficient (Wildman–Crippen LogP) is 5.28. The molecule has 1 aromatic rings. The third kappa shape index (κ3) is 1.66. The molecule has 4 saturated carbocycles. The molecular weight excluding hydrogens is 412 g/mol. The highest BCUT2D eigenvalue weighted by molar-refractivity contribution is 5.66. The first-order valence-electron chi connectivity index (χ1n) is 13.1. The van der Waals surface area contributed by atoms with Gasteiger partial charge in [0, 0.05) is 29.4 Å². The van der Waals surface area contributed by atoms with Crippen LogP contribution in [0, 0.1) is 33.5 Å². The smallest absolute Gasteiger partial charge is 0.165 e. The van der Waals surface area contributed by atoms with Crippen LogP contribution in [0.5, 0.6) is 11.5 Å². The fourth-order valence-electron chi connectivity index (χ4n) is 11.1. The molecule has 5 aliphatic carbocycles. The third-order valence-corrected chi connectivity index (χ3v) is 12.8. The maximum atomic E-state index is 12.4. The molecule has 4 heteroatoms. The van der Waals surface area contributed by atoms with Gasteiger partial charge in [-0.3, -0.25) is 0 Å². The Labute approximate surface area is 198 Å². The molecule has 180 valence electrons. The zero-order valence-corrected chi connectivity index (χ0v) is 21.6. The number of aliphatic hydroxyl groups is 1. The van der Waals surface area contributed by atoms with E-state index in [9.17, 15) is 5.11 Å². The van der Waals surface area contributed by atoms with Gasteiger partial charge in [-0.25, -0.2) is 0 Å². The van der Waals surface area contributed by atoms with Gasteiger partial charge in [0.1, 0.15) is 11.7 Å². The summed E-state index contributed by atoms with van der Waals surface area (Å²) in [6.07, 6.45) is 5.78. The lowest BCUT2D eigenvalue weighted by Crippen LogP contribution is -2.68. The van der Waals surface area contributed by atoms with Crippen LogP contribution in [-0.2, 0) is 16.6 Å². The molecule has 0 radical (unpaired) electrons. The summed E-state index contributed by atoms with van der Waals surface area (Å²) >= 11 is 0. The van der Waals surface area contributed by atoms with E-state index < -0.39 is 11.2 Å². The maximum Gasteiger partial charge on any atom is 0.165 e. The Morgan fingerprint density at radius 1 is 1.15 bits per heavy atom. The Morgan fingerprint density at radius 3 is 2.48 bits per heavy atom. The zero-order chi connectivity index (χ0) is 23.6. The molecule has 0 aromatic heterocycles. The van der Waals surface area contributed by atoms with Crippen molar-refractivity contribution < 1.29 is 19.3 Å². The van der Waals surface area contributed by atoms with Crippen molar-refractivity contribution in [3.8, 4) is 11.5 Å². The van der Waals surface area contributed by atoms with Crippen LogP contribution < -0.4 is 9.47 Å². The van der Waals surface area contributed by atoms with Crippen molar-refractivity contribution in [3.05, 3.63) is 23.3 Å². The topological polar surface area (TPSA) is 47.9 Å². The van der Waals surface area contributed by atoms with Crippen molar-refractivity contribution in [2.45, 2.75) is 96.4 Å². The number of rotatable bonds is 4. The Bertz CT molecular complexity index is 1100. The van der Waals surface area contributed by atoms with Crippen LogP contribution in [0.2, 0.25) is 0 Å². The van der Waals surface area contributed by atoms with Gasteiger partial charge in [-0.1, -0.05) is 40.7 Å². The van der Waals surface area contributed by atoms with Crippen LogP contribution in [0.4, 0.5) is 0 Å². The molecule has 1 aliphatic heterocycles. The Hall–Kier alpha value is -1.26. The number of fused-ring (bicyclic) bond motifs is 3. The van der Waals surface area contributed by atoms with Gasteiger partial charge in [-0.2, -0.15) is 0 Å². The van der Waals surface area contributed by atoms with E-state index in [1.54, 1.807) is 7.11 Å². The van der Waals surface area contributed by atoms with Crippen molar-refractivity contribution in [2.24, 2.45) is 33.5 Å². The summed E-state index contributed by atoms with van der Waals surface area (Å²) in [7, 11) is 3.62. The molecule has 0 saturated heterocycles. The summed E-state index contributed by atoms with van der Waals surface area (Å²) in [6, 6.07) is 4.43. The molecule has 2 spiro atoms. The molecule has 4 nitrogen and oxygen atoms in total. The summed E-state index contributed by atoms with van der Waals surface area (Å²) in [6.45, 7) is 13.4. The van der Waals surface area contributed by atoms with Crippen LogP contribution in [0.1, 0.15) is 78.4 Å². The van der Waals surface area contributed by atoms with Gasteiger partial charge in [0.2, 0.25) is 0 Å². The van der Waals surface area contributed by atoms with Gasteiger partial charge in [0.25, 0.3) is 0 Å². The van der Waals surface area contributed by atoms with Crippen LogP contribution in [0.3, 0.4) is 0 Å². The fraction of sp³-hybridized carbons (Fsp3) is 0.793. The molecule has 9 atom stereocenters. The highest BCUT2D eigenvalue weighted by Gasteiger charge is 2.97. The van der Waals surface area contributed by atoms with Gasteiger partial charge < -0.3 is 19.3 Å². The standard InChI is InChI=1S/C29H40O4/c1-9-26-15-28(24(6,30)23(3,4)5)16(2)29(28,32-8)22-27(26)14-25(13-19(25)26)12-17-10-11-18(31-7)21(33-22)20(17)27/h10-11,16,19,22,30H,9,12-15H2,1-8H3/t16-,19-,22-,24-,25?,26-,27+,28-,29+/m1/s1. The number of hydrogen-bond donors (Lipinski definition) is 1. The normalized spacial score (nSPS) is 51.1. The summed E-state index contributed by atoms with van der Waals surface area (Å²) in [5.74, 6) is 2.75. The average molecular weight is 453 g/mol. The maximum absolute atomic E-state index is 12.4. The van der Waals surface area contributed by atoms with E-state index in [2.05, 4.69) is 53.7 Å². The van der Waals surface area contributed by atoms with Crippen LogP contribution in [-0.4, -0.2) is 36.6 Å². The molecule has 0 amide bonds. The van der Waals surface area contributed by atoms with E-state index in [0.717, 1.165) is 24.3 Å². The Kier molecular flexibility index (Phi) is 3.37. The quantitative estimate of drug-likeness (QED) is 0.675. The molecule has 1 heterocycles. The fourth-order valence-corrected chi connectivity index (χ4v) is 11.1. The van der Waals surface area contributed by atoms with Crippen molar-refractivity contribution in [2.75, 3.05) is 14.2 Å². The molecule has 2 bridgehead atoms. The van der Waals surface area contributed by atoms with Gasteiger partial charge >= 0.3 is 0 Å². The highest BCUT2D eigenvalue weighted by Crippen LogP contribution is 2.94. The second-order valence-electron chi connectivity index (χ2n) is 13.8. The number of methoxy groups -OCH3 is 2. The number of ether oxygens (including phenoxy) is 3. The van der Waals surface area contributed by atoms with Crippen LogP contribution >= 0.6 is 0 Å². The molecule has 1 unspecified atom stereocenters. The molecule has 1 N–H and O–H groups in total. The Morgan fingerprint density at radius 2 is 1.88 bits per heavy atom. The second-order valence-corrected chi connectivity index (χ2v) is 13.8. The second kappa shape index (κ2) is 5.28. The third-order valence-electron chi connectivity index (χ3n) is 12.8. The van der Waals surface area contributed by atoms with Gasteiger partial charge in [0.05, 0.1) is 12.7 Å². The first-order valence-corrected chi connectivity index (χ1v) is 13.1. The van der Waals surface area contributed by atoms with E-state index in [0.29, 0.717) is 11.3 Å². The predicted molar refractivity (Wildman–Crippen MR) is 127 cm³/mol. The molecule has 4 fully saturated rings. The highest BCUT2D eigenvalue weighted by atomic mass is 16.6. The van der Waals surface area contributed by atoms with Crippen LogP contribution in [0.25, 0.3) is 0 Å².